The zero-order valence-corrected chi connectivity index (χ0v) is 9.92. The van der Waals surface area contributed by atoms with Gasteiger partial charge in [-0.15, -0.1) is 0 Å². The highest BCUT2D eigenvalue weighted by Gasteiger charge is 2.13. The first-order chi connectivity index (χ1) is 8.70. The van der Waals surface area contributed by atoms with Crippen LogP contribution >= 0.6 is 0 Å². The average Bonchev–Trinajstić information content (AvgIpc) is 2.96. The Kier molecular flexibility index (Phi) is 2.41. The Hall–Kier alpha value is -2.14. The average molecular weight is 244 g/mol. The number of nitrogens with one attached hydrogen (secondary N) is 2. The van der Waals surface area contributed by atoms with Crippen LogP contribution in [0.4, 0.5) is 4.39 Å². The molecular formula is C13H13FN4. The summed E-state index contributed by atoms with van der Waals surface area (Å²) < 4.78 is 13.7. The van der Waals surface area contributed by atoms with E-state index in [4.69, 9.17) is 5.73 Å². The number of nitrogens with zero attached hydrogens (tertiary/aromatic N) is 1. The highest BCUT2D eigenvalue weighted by atomic mass is 19.1. The molecule has 4 N–H and O–H groups in total. The largest absolute Gasteiger partial charge is 0.351 e. The number of hydrogen-bond donors (Lipinski definition) is 3. The van der Waals surface area contributed by atoms with Crippen LogP contribution in [0.15, 0.2) is 24.4 Å². The summed E-state index contributed by atoms with van der Waals surface area (Å²) in [6.07, 6.45) is 1.71. The fourth-order valence-electron chi connectivity index (χ4n) is 2.18. The summed E-state index contributed by atoms with van der Waals surface area (Å²) in [6.45, 7) is 2.31. The smallest absolute Gasteiger partial charge is 0.147 e. The maximum Gasteiger partial charge on any atom is 0.147 e. The third-order valence-electron chi connectivity index (χ3n) is 3.13. The number of para-hydroxylation sites is 1. The number of aromatic amines is 2. The lowest BCUT2D eigenvalue weighted by molar-refractivity contribution is 0.637. The van der Waals surface area contributed by atoms with Gasteiger partial charge in [0.15, 0.2) is 0 Å². The summed E-state index contributed by atoms with van der Waals surface area (Å²) in [4.78, 5) is 10.4. The van der Waals surface area contributed by atoms with Gasteiger partial charge in [0.25, 0.3) is 0 Å². The zero-order chi connectivity index (χ0) is 12.7. The Morgan fingerprint density at radius 2 is 2.17 bits per heavy atom. The van der Waals surface area contributed by atoms with Crippen LogP contribution in [0.5, 0.6) is 0 Å². The predicted octanol–water partition coefficient (Wildman–Crippen LogP) is 2.46. The van der Waals surface area contributed by atoms with Gasteiger partial charge in [0, 0.05) is 5.39 Å². The minimum Gasteiger partial charge on any atom is -0.351 e. The van der Waals surface area contributed by atoms with Gasteiger partial charge < -0.3 is 15.7 Å². The SMILES string of the molecule is Cc1c(-c2cnc(CN)[nH]2)[nH]c2c(F)cccc12. The second-order valence-corrected chi connectivity index (χ2v) is 4.24. The van der Waals surface area contributed by atoms with Gasteiger partial charge in [0.05, 0.1) is 29.6 Å². The number of imidazole rings is 1. The van der Waals surface area contributed by atoms with E-state index in [0.29, 0.717) is 17.9 Å². The van der Waals surface area contributed by atoms with Crippen molar-refractivity contribution in [1.29, 1.82) is 0 Å². The molecule has 0 aliphatic heterocycles. The van der Waals surface area contributed by atoms with Gasteiger partial charge >= 0.3 is 0 Å². The van der Waals surface area contributed by atoms with Crippen molar-refractivity contribution in [2.75, 3.05) is 0 Å². The van der Waals surface area contributed by atoms with E-state index < -0.39 is 0 Å². The number of fused-ring (bicyclic) bond motifs is 1. The molecule has 0 unspecified atom stereocenters. The molecule has 1 aromatic carbocycles. The molecule has 92 valence electrons. The van der Waals surface area contributed by atoms with Crippen LogP contribution in [-0.2, 0) is 6.54 Å². The van der Waals surface area contributed by atoms with Crippen LogP contribution in [0.3, 0.4) is 0 Å². The Balaban J connectivity index is 2.23. The number of hydrogen-bond acceptors (Lipinski definition) is 2. The lowest BCUT2D eigenvalue weighted by atomic mass is 10.1. The van der Waals surface area contributed by atoms with Crippen LogP contribution < -0.4 is 5.73 Å². The van der Waals surface area contributed by atoms with E-state index in [1.54, 1.807) is 12.3 Å². The quantitative estimate of drug-likeness (QED) is 0.648. The molecule has 0 bridgehead atoms. The van der Waals surface area contributed by atoms with Crippen molar-refractivity contribution in [3.8, 4) is 11.4 Å². The molecule has 0 fully saturated rings. The fraction of sp³-hybridized carbons (Fsp3) is 0.154. The lowest BCUT2D eigenvalue weighted by Gasteiger charge is -1.95. The molecule has 3 rings (SSSR count). The fourth-order valence-corrected chi connectivity index (χ4v) is 2.18. The monoisotopic (exact) mass is 244 g/mol. The van der Waals surface area contributed by atoms with Crippen molar-refractivity contribution in [2.45, 2.75) is 13.5 Å². The molecule has 5 heteroatoms. The second kappa shape index (κ2) is 3.96. The van der Waals surface area contributed by atoms with E-state index in [2.05, 4.69) is 15.0 Å². The van der Waals surface area contributed by atoms with E-state index in [0.717, 1.165) is 22.3 Å². The van der Waals surface area contributed by atoms with Crippen LogP contribution in [0.1, 0.15) is 11.4 Å². The Labute approximate surface area is 103 Å². The summed E-state index contributed by atoms with van der Waals surface area (Å²) in [5.41, 5.74) is 8.71. The van der Waals surface area contributed by atoms with Crippen LogP contribution in [-0.4, -0.2) is 15.0 Å². The topological polar surface area (TPSA) is 70.5 Å². The van der Waals surface area contributed by atoms with Gasteiger partial charge in [-0.05, 0) is 18.6 Å². The highest BCUT2D eigenvalue weighted by Crippen LogP contribution is 2.29. The number of benzene rings is 1. The number of H-pyrrole nitrogens is 2. The summed E-state index contributed by atoms with van der Waals surface area (Å²) >= 11 is 0. The van der Waals surface area contributed by atoms with Crippen LogP contribution in [0, 0.1) is 12.7 Å². The zero-order valence-electron chi connectivity index (χ0n) is 9.92. The van der Waals surface area contributed by atoms with E-state index >= 15 is 0 Å². The number of aromatic nitrogens is 3. The summed E-state index contributed by atoms with van der Waals surface area (Å²) in [5, 5.41) is 0.883. The standard InChI is InChI=1S/C13H13FN4/c1-7-8-3-2-4-9(14)13(8)18-12(7)10-6-16-11(5-15)17-10/h2-4,6,18H,5,15H2,1H3,(H,16,17). The van der Waals surface area contributed by atoms with Crippen molar-refractivity contribution in [1.82, 2.24) is 15.0 Å². The Morgan fingerprint density at radius 3 is 2.83 bits per heavy atom. The molecule has 0 spiro atoms. The van der Waals surface area contributed by atoms with Crippen LogP contribution in [0.25, 0.3) is 22.3 Å². The first-order valence-corrected chi connectivity index (χ1v) is 5.72. The van der Waals surface area contributed by atoms with E-state index in [1.165, 1.54) is 6.07 Å². The molecule has 18 heavy (non-hydrogen) atoms. The van der Waals surface area contributed by atoms with Gasteiger partial charge in [0.2, 0.25) is 0 Å². The molecular weight excluding hydrogens is 231 g/mol. The first kappa shape index (κ1) is 11.0. The number of nitrogens with two attached hydrogens (primary N) is 1. The Bertz CT molecular complexity index is 711. The summed E-state index contributed by atoms with van der Waals surface area (Å²) in [7, 11) is 0. The molecule has 2 heterocycles. The minimum absolute atomic E-state index is 0.250. The molecule has 2 aromatic heterocycles. The van der Waals surface area contributed by atoms with Crippen molar-refractivity contribution >= 4 is 10.9 Å². The molecule has 0 saturated carbocycles. The normalized spacial score (nSPS) is 11.3. The van der Waals surface area contributed by atoms with Crippen molar-refractivity contribution in [3.05, 3.63) is 41.6 Å². The number of rotatable bonds is 2. The minimum atomic E-state index is -0.250. The molecule has 0 radical (unpaired) electrons. The van der Waals surface area contributed by atoms with Gasteiger partial charge in [0.1, 0.15) is 11.6 Å². The lowest BCUT2D eigenvalue weighted by Crippen LogP contribution is -1.97. The molecule has 3 aromatic rings. The predicted molar refractivity (Wildman–Crippen MR) is 68.5 cm³/mol. The van der Waals surface area contributed by atoms with Crippen molar-refractivity contribution in [3.63, 3.8) is 0 Å². The van der Waals surface area contributed by atoms with Gasteiger partial charge in [-0.1, -0.05) is 12.1 Å². The second-order valence-electron chi connectivity index (χ2n) is 4.24. The third kappa shape index (κ3) is 1.52. The van der Waals surface area contributed by atoms with Crippen molar-refractivity contribution < 1.29 is 4.39 Å². The van der Waals surface area contributed by atoms with Crippen molar-refractivity contribution in [2.24, 2.45) is 5.73 Å². The van der Waals surface area contributed by atoms with E-state index in [-0.39, 0.29) is 5.82 Å². The Morgan fingerprint density at radius 1 is 1.33 bits per heavy atom. The maximum atomic E-state index is 13.7. The van der Waals surface area contributed by atoms with E-state index in [9.17, 15) is 4.39 Å². The van der Waals surface area contributed by atoms with Crippen LogP contribution in [0.2, 0.25) is 0 Å². The number of halogens is 1. The molecule has 0 atom stereocenters. The highest BCUT2D eigenvalue weighted by molar-refractivity contribution is 5.90. The molecule has 0 saturated heterocycles. The third-order valence-corrected chi connectivity index (χ3v) is 3.13. The first-order valence-electron chi connectivity index (χ1n) is 5.72. The van der Waals surface area contributed by atoms with Gasteiger partial charge in [-0.2, -0.15) is 0 Å². The van der Waals surface area contributed by atoms with E-state index in [1.807, 2.05) is 13.0 Å². The number of aryl methyl sites for hydroxylation is 1. The van der Waals surface area contributed by atoms with Gasteiger partial charge in [-0.25, -0.2) is 9.37 Å². The molecule has 0 aliphatic rings. The molecule has 0 amide bonds. The molecule has 4 nitrogen and oxygen atoms in total. The summed E-state index contributed by atoms with van der Waals surface area (Å²) in [5.74, 6) is 0.462. The summed E-state index contributed by atoms with van der Waals surface area (Å²) in [6, 6.07) is 5.05. The maximum absolute atomic E-state index is 13.7. The molecule has 0 aliphatic carbocycles. The van der Waals surface area contributed by atoms with Gasteiger partial charge in [-0.3, -0.25) is 0 Å².